The van der Waals surface area contributed by atoms with E-state index in [0.717, 1.165) is 6.07 Å². The second-order valence-electron chi connectivity index (χ2n) is 6.95. The SMILES string of the molecule is CC(C)OP(=O)(OC(C)C)C(Nc1cccc([N+](=O)[O-])c1)c1ccc(O)cc1O. The van der Waals surface area contributed by atoms with E-state index in [1.807, 2.05) is 0 Å². The lowest BCUT2D eigenvalue weighted by molar-refractivity contribution is -0.384. The number of aromatic hydroxyl groups is 2. The first-order valence-electron chi connectivity index (χ1n) is 9.01. The highest BCUT2D eigenvalue weighted by Crippen LogP contribution is 2.63. The van der Waals surface area contributed by atoms with Crippen molar-refractivity contribution in [1.82, 2.24) is 0 Å². The lowest BCUT2D eigenvalue weighted by Gasteiger charge is -2.31. The Morgan fingerprint density at radius 1 is 1.03 bits per heavy atom. The number of nitro benzene ring substituents is 1. The maximum absolute atomic E-state index is 13.8. The molecule has 2 aromatic rings. The molecule has 3 N–H and O–H groups in total. The molecule has 0 radical (unpaired) electrons. The van der Waals surface area contributed by atoms with Crippen molar-refractivity contribution < 1.29 is 28.7 Å². The van der Waals surface area contributed by atoms with Crippen LogP contribution in [-0.4, -0.2) is 27.3 Å². The van der Waals surface area contributed by atoms with Gasteiger partial charge in [-0.25, -0.2) is 0 Å². The molecule has 1 atom stereocenters. The van der Waals surface area contributed by atoms with Gasteiger partial charge < -0.3 is 24.6 Å². The van der Waals surface area contributed by atoms with E-state index in [9.17, 15) is 24.9 Å². The van der Waals surface area contributed by atoms with E-state index < -0.39 is 30.5 Å². The van der Waals surface area contributed by atoms with Crippen molar-refractivity contribution in [3.05, 3.63) is 58.1 Å². The largest absolute Gasteiger partial charge is 0.508 e. The predicted molar refractivity (Wildman–Crippen MR) is 109 cm³/mol. The number of nitrogens with one attached hydrogen (secondary N) is 1. The van der Waals surface area contributed by atoms with Crippen molar-refractivity contribution in [2.24, 2.45) is 0 Å². The molecule has 0 heterocycles. The van der Waals surface area contributed by atoms with E-state index in [-0.39, 0.29) is 28.4 Å². The zero-order chi connectivity index (χ0) is 21.8. The quantitative estimate of drug-likeness (QED) is 0.286. The summed E-state index contributed by atoms with van der Waals surface area (Å²) in [5.41, 5.74) is 0.281. The minimum Gasteiger partial charge on any atom is -0.508 e. The molecule has 10 heteroatoms. The summed E-state index contributed by atoms with van der Waals surface area (Å²) < 4.78 is 25.1. The molecule has 158 valence electrons. The van der Waals surface area contributed by atoms with E-state index in [1.54, 1.807) is 33.8 Å². The van der Waals surface area contributed by atoms with Gasteiger partial charge in [-0.3, -0.25) is 14.7 Å². The third-order valence-electron chi connectivity index (χ3n) is 3.70. The summed E-state index contributed by atoms with van der Waals surface area (Å²) in [7, 11) is -3.93. The zero-order valence-electron chi connectivity index (χ0n) is 16.6. The van der Waals surface area contributed by atoms with Crippen LogP contribution in [0.1, 0.15) is 39.0 Å². The molecule has 0 amide bonds. The Hall–Kier alpha value is -2.61. The number of nitrogens with zero attached hydrogens (tertiary/aromatic N) is 1. The van der Waals surface area contributed by atoms with Crippen molar-refractivity contribution in [1.29, 1.82) is 0 Å². The number of non-ortho nitro benzene ring substituents is 1. The highest BCUT2D eigenvalue weighted by molar-refractivity contribution is 7.54. The molecular formula is C19H25N2O7P. The molecule has 2 rings (SSSR count). The summed E-state index contributed by atoms with van der Waals surface area (Å²) in [6.45, 7) is 6.77. The fraction of sp³-hybridized carbons (Fsp3) is 0.368. The van der Waals surface area contributed by atoms with E-state index in [0.29, 0.717) is 0 Å². The van der Waals surface area contributed by atoms with Gasteiger partial charge in [0.05, 0.1) is 17.1 Å². The van der Waals surface area contributed by atoms with Crippen molar-refractivity contribution in [3.63, 3.8) is 0 Å². The third kappa shape index (κ3) is 5.93. The van der Waals surface area contributed by atoms with Crippen LogP contribution in [0.15, 0.2) is 42.5 Å². The zero-order valence-corrected chi connectivity index (χ0v) is 17.5. The molecule has 9 nitrogen and oxygen atoms in total. The summed E-state index contributed by atoms with van der Waals surface area (Å²) >= 11 is 0. The maximum atomic E-state index is 13.8. The van der Waals surface area contributed by atoms with Crippen molar-refractivity contribution >= 4 is 19.0 Å². The minimum absolute atomic E-state index is 0.152. The van der Waals surface area contributed by atoms with Crippen LogP contribution in [0.5, 0.6) is 11.5 Å². The van der Waals surface area contributed by atoms with Gasteiger partial charge in [0.1, 0.15) is 11.5 Å². The van der Waals surface area contributed by atoms with E-state index in [4.69, 9.17) is 9.05 Å². The second-order valence-corrected chi connectivity index (χ2v) is 8.96. The average molecular weight is 424 g/mol. The van der Waals surface area contributed by atoms with Crippen LogP contribution in [0.3, 0.4) is 0 Å². The number of hydrogen-bond donors (Lipinski definition) is 3. The molecule has 0 aliphatic rings. The topological polar surface area (TPSA) is 131 Å². The molecule has 0 fully saturated rings. The molecule has 0 bridgehead atoms. The number of phenols is 2. The van der Waals surface area contributed by atoms with Gasteiger partial charge in [-0.05, 0) is 45.9 Å². The molecule has 0 spiro atoms. The average Bonchev–Trinajstić information content (AvgIpc) is 2.59. The van der Waals surface area contributed by atoms with Crippen LogP contribution >= 0.6 is 7.60 Å². The van der Waals surface area contributed by atoms with Crippen LogP contribution in [0, 0.1) is 10.1 Å². The van der Waals surface area contributed by atoms with Crippen LogP contribution in [-0.2, 0) is 13.6 Å². The maximum Gasteiger partial charge on any atom is 0.357 e. The first-order chi connectivity index (χ1) is 13.5. The van der Waals surface area contributed by atoms with Gasteiger partial charge in [0.15, 0.2) is 5.78 Å². The van der Waals surface area contributed by atoms with Gasteiger partial charge in [0.2, 0.25) is 0 Å². The van der Waals surface area contributed by atoms with Gasteiger partial charge in [-0.1, -0.05) is 6.07 Å². The Bertz CT molecular complexity index is 903. The molecule has 1 unspecified atom stereocenters. The Morgan fingerprint density at radius 2 is 1.66 bits per heavy atom. The third-order valence-corrected chi connectivity index (χ3v) is 6.17. The molecule has 0 aromatic heterocycles. The summed E-state index contributed by atoms with van der Waals surface area (Å²) in [6.07, 6.45) is -0.929. The van der Waals surface area contributed by atoms with E-state index >= 15 is 0 Å². The number of rotatable bonds is 9. The van der Waals surface area contributed by atoms with Gasteiger partial charge in [0.25, 0.3) is 5.69 Å². The summed E-state index contributed by atoms with van der Waals surface area (Å²) in [6, 6.07) is 9.46. The fourth-order valence-electron chi connectivity index (χ4n) is 2.69. The van der Waals surface area contributed by atoms with Crippen LogP contribution in [0.25, 0.3) is 0 Å². The molecule has 0 aliphatic heterocycles. The molecular weight excluding hydrogens is 399 g/mol. The van der Waals surface area contributed by atoms with Crippen molar-refractivity contribution in [2.75, 3.05) is 5.32 Å². The summed E-state index contributed by atoms with van der Waals surface area (Å²) in [5.74, 6) is -1.69. The highest BCUT2D eigenvalue weighted by Gasteiger charge is 2.41. The fourth-order valence-corrected chi connectivity index (χ4v) is 5.03. The molecule has 0 saturated carbocycles. The normalized spacial score (nSPS) is 12.9. The molecule has 29 heavy (non-hydrogen) atoms. The molecule has 0 saturated heterocycles. The first-order valence-corrected chi connectivity index (χ1v) is 10.6. The smallest absolute Gasteiger partial charge is 0.357 e. The highest BCUT2D eigenvalue weighted by atomic mass is 31.2. The van der Waals surface area contributed by atoms with Gasteiger partial charge in [0, 0.05) is 29.4 Å². The summed E-state index contributed by atoms with van der Waals surface area (Å²) in [4.78, 5) is 10.5. The standard InChI is InChI=1S/C19H25N2O7P/c1-12(2)27-29(26,28-13(3)4)19(17-9-8-16(22)11-18(17)23)20-14-6-5-7-15(10-14)21(24)25/h5-13,19-20,22-23H,1-4H3. The number of benzene rings is 2. The lowest BCUT2D eigenvalue weighted by atomic mass is 10.1. The van der Waals surface area contributed by atoms with Crippen LogP contribution in [0.4, 0.5) is 11.4 Å². The lowest BCUT2D eigenvalue weighted by Crippen LogP contribution is -2.19. The Kier molecular flexibility index (Phi) is 7.24. The van der Waals surface area contributed by atoms with Crippen LogP contribution in [0.2, 0.25) is 0 Å². The second kappa shape index (κ2) is 9.26. The number of anilines is 1. The van der Waals surface area contributed by atoms with Gasteiger partial charge in [-0.2, -0.15) is 0 Å². The predicted octanol–water partition coefficient (Wildman–Crippen LogP) is 5.16. The van der Waals surface area contributed by atoms with Gasteiger partial charge in [-0.15, -0.1) is 0 Å². The first kappa shape index (κ1) is 22.7. The van der Waals surface area contributed by atoms with E-state index in [2.05, 4.69) is 5.32 Å². The van der Waals surface area contributed by atoms with Crippen molar-refractivity contribution in [2.45, 2.75) is 45.7 Å². The van der Waals surface area contributed by atoms with Crippen LogP contribution < -0.4 is 5.32 Å². The Labute approximate surface area is 169 Å². The Morgan fingerprint density at radius 3 is 2.17 bits per heavy atom. The van der Waals surface area contributed by atoms with Crippen molar-refractivity contribution in [3.8, 4) is 11.5 Å². The number of hydrogen-bond acceptors (Lipinski definition) is 8. The minimum atomic E-state index is -3.93. The van der Waals surface area contributed by atoms with E-state index in [1.165, 1.54) is 30.3 Å². The van der Waals surface area contributed by atoms with Gasteiger partial charge >= 0.3 is 7.60 Å². The monoisotopic (exact) mass is 424 g/mol. The summed E-state index contributed by atoms with van der Waals surface area (Å²) in [5, 5.41) is 34.0. The Balaban J connectivity index is 2.59. The number of nitro groups is 1. The number of phenolic OH excluding ortho intramolecular Hbond substituents is 2. The molecule has 2 aromatic carbocycles. The molecule has 0 aliphatic carbocycles.